The lowest BCUT2D eigenvalue weighted by molar-refractivity contribution is 0.242. The normalized spacial score (nSPS) is 27.2. The third kappa shape index (κ3) is 3.08. The minimum Gasteiger partial charge on any atom is -0.353 e. The predicted molar refractivity (Wildman–Crippen MR) is 88.7 cm³/mol. The molecule has 2 aliphatic rings. The van der Waals surface area contributed by atoms with Gasteiger partial charge in [-0.15, -0.1) is 0 Å². The van der Waals surface area contributed by atoms with Gasteiger partial charge in [-0.05, 0) is 51.1 Å². The lowest BCUT2D eigenvalue weighted by Gasteiger charge is -2.45. The minimum atomic E-state index is 0.377. The zero-order chi connectivity index (χ0) is 14.7. The van der Waals surface area contributed by atoms with Crippen molar-refractivity contribution in [3.8, 4) is 0 Å². The summed E-state index contributed by atoms with van der Waals surface area (Å²) in [5.74, 6) is 2.14. The average molecular weight is 287 g/mol. The molecule has 1 aromatic rings. The number of hydrogen-bond donors (Lipinski definition) is 1. The first-order valence-electron chi connectivity index (χ1n) is 8.76. The molecule has 3 nitrogen and oxygen atoms in total. The minimum absolute atomic E-state index is 0.377. The Morgan fingerprint density at radius 1 is 1.29 bits per heavy atom. The second kappa shape index (κ2) is 6.78. The van der Waals surface area contributed by atoms with Crippen LogP contribution < -0.4 is 10.2 Å². The molecule has 1 aromatic heterocycles. The Morgan fingerprint density at radius 3 is 2.95 bits per heavy atom. The van der Waals surface area contributed by atoms with Crippen LogP contribution in [0.2, 0.25) is 0 Å². The van der Waals surface area contributed by atoms with Gasteiger partial charge in [0.05, 0.1) is 0 Å². The van der Waals surface area contributed by atoms with E-state index in [-0.39, 0.29) is 0 Å². The van der Waals surface area contributed by atoms with Crippen molar-refractivity contribution in [1.82, 2.24) is 10.3 Å². The molecule has 2 heterocycles. The van der Waals surface area contributed by atoms with E-state index < -0.39 is 0 Å². The molecule has 1 aliphatic heterocycles. The maximum absolute atomic E-state index is 4.78. The second-order valence-electron chi connectivity index (χ2n) is 6.64. The number of pyridine rings is 1. The predicted octanol–water partition coefficient (Wildman–Crippen LogP) is 3.91. The van der Waals surface area contributed by atoms with E-state index in [2.05, 4.69) is 36.2 Å². The number of nitrogens with zero attached hydrogens (tertiary/aromatic N) is 2. The summed E-state index contributed by atoms with van der Waals surface area (Å²) in [7, 11) is 0. The molecule has 2 fully saturated rings. The van der Waals surface area contributed by atoms with Gasteiger partial charge in [0.15, 0.2) is 0 Å². The SMILES string of the molecule is CCNC(C)c1cccnc1N1CCCC2CCCCC21. The van der Waals surface area contributed by atoms with E-state index in [0.29, 0.717) is 6.04 Å². The van der Waals surface area contributed by atoms with Crippen LogP contribution >= 0.6 is 0 Å². The summed E-state index contributed by atoms with van der Waals surface area (Å²) in [6.07, 6.45) is 10.3. The second-order valence-corrected chi connectivity index (χ2v) is 6.64. The van der Waals surface area contributed by atoms with Gasteiger partial charge >= 0.3 is 0 Å². The van der Waals surface area contributed by atoms with E-state index in [9.17, 15) is 0 Å². The molecule has 1 aliphatic carbocycles. The van der Waals surface area contributed by atoms with Crippen molar-refractivity contribution in [3.63, 3.8) is 0 Å². The highest BCUT2D eigenvalue weighted by Gasteiger charge is 2.34. The molecule has 1 saturated carbocycles. The Bertz CT molecular complexity index is 458. The molecule has 21 heavy (non-hydrogen) atoms. The number of piperidine rings is 1. The summed E-state index contributed by atoms with van der Waals surface area (Å²) in [5.41, 5.74) is 1.37. The van der Waals surface area contributed by atoms with Gasteiger partial charge in [-0.1, -0.05) is 25.8 Å². The monoisotopic (exact) mass is 287 g/mol. The molecule has 3 rings (SSSR count). The van der Waals surface area contributed by atoms with Crippen molar-refractivity contribution in [3.05, 3.63) is 23.9 Å². The highest BCUT2D eigenvalue weighted by molar-refractivity contribution is 5.50. The number of rotatable bonds is 4. The number of hydrogen-bond acceptors (Lipinski definition) is 3. The van der Waals surface area contributed by atoms with Crippen LogP contribution in [0, 0.1) is 5.92 Å². The number of aromatic nitrogens is 1. The molecule has 3 unspecified atom stereocenters. The van der Waals surface area contributed by atoms with Gasteiger partial charge in [-0.25, -0.2) is 4.98 Å². The summed E-state index contributed by atoms with van der Waals surface area (Å²) in [4.78, 5) is 7.42. The van der Waals surface area contributed by atoms with Gasteiger partial charge in [-0.2, -0.15) is 0 Å². The van der Waals surface area contributed by atoms with E-state index >= 15 is 0 Å². The number of anilines is 1. The summed E-state index contributed by atoms with van der Waals surface area (Å²) in [5, 5.41) is 3.55. The largest absolute Gasteiger partial charge is 0.353 e. The fourth-order valence-electron chi connectivity index (χ4n) is 4.29. The third-order valence-electron chi connectivity index (χ3n) is 5.31. The van der Waals surface area contributed by atoms with Crippen molar-refractivity contribution >= 4 is 5.82 Å². The first-order chi connectivity index (χ1) is 10.3. The fourth-order valence-corrected chi connectivity index (χ4v) is 4.29. The quantitative estimate of drug-likeness (QED) is 0.910. The molecule has 116 valence electrons. The molecule has 1 N–H and O–H groups in total. The van der Waals surface area contributed by atoms with Crippen molar-refractivity contribution in [2.75, 3.05) is 18.0 Å². The fraction of sp³-hybridized carbons (Fsp3) is 0.722. The highest BCUT2D eigenvalue weighted by Crippen LogP contribution is 2.38. The van der Waals surface area contributed by atoms with Crippen molar-refractivity contribution in [2.45, 2.75) is 64.5 Å². The van der Waals surface area contributed by atoms with Crippen molar-refractivity contribution < 1.29 is 0 Å². The van der Waals surface area contributed by atoms with E-state index in [1.807, 2.05) is 6.20 Å². The molecule has 0 spiro atoms. The van der Waals surface area contributed by atoms with Gasteiger partial charge in [0.2, 0.25) is 0 Å². The van der Waals surface area contributed by atoms with Crippen molar-refractivity contribution in [1.29, 1.82) is 0 Å². The maximum Gasteiger partial charge on any atom is 0.133 e. The molecule has 3 atom stereocenters. The summed E-state index contributed by atoms with van der Waals surface area (Å²) < 4.78 is 0. The lowest BCUT2D eigenvalue weighted by atomic mass is 9.78. The molecular formula is C18H29N3. The van der Waals surface area contributed by atoms with Crippen LogP contribution in [0.1, 0.15) is 64.0 Å². The van der Waals surface area contributed by atoms with E-state index in [0.717, 1.165) is 18.5 Å². The van der Waals surface area contributed by atoms with Crippen LogP contribution in [-0.2, 0) is 0 Å². The highest BCUT2D eigenvalue weighted by atomic mass is 15.2. The van der Waals surface area contributed by atoms with Gasteiger partial charge < -0.3 is 10.2 Å². The Balaban J connectivity index is 1.88. The van der Waals surface area contributed by atoms with Crippen molar-refractivity contribution in [2.24, 2.45) is 5.92 Å². The van der Waals surface area contributed by atoms with Gasteiger partial charge in [-0.3, -0.25) is 0 Å². The van der Waals surface area contributed by atoms with Crippen LogP contribution in [0.25, 0.3) is 0 Å². The number of nitrogens with one attached hydrogen (secondary N) is 1. The Kier molecular flexibility index (Phi) is 4.79. The lowest BCUT2D eigenvalue weighted by Crippen LogP contribution is -2.47. The molecule has 0 radical (unpaired) electrons. The van der Waals surface area contributed by atoms with E-state index in [4.69, 9.17) is 4.98 Å². The zero-order valence-electron chi connectivity index (χ0n) is 13.5. The molecule has 0 bridgehead atoms. The van der Waals surface area contributed by atoms with Crippen LogP contribution in [0.5, 0.6) is 0 Å². The third-order valence-corrected chi connectivity index (χ3v) is 5.31. The van der Waals surface area contributed by atoms with Crippen LogP contribution in [0.3, 0.4) is 0 Å². The van der Waals surface area contributed by atoms with Gasteiger partial charge in [0, 0.05) is 30.4 Å². The molecule has 0 amide bonds. The summed E-state index contributed by atoms with van der Waals surface area (Å²) in [6.45, 7) is 6.61. The molecule has 0 aromatic carbocycles. The average Bonchev–Trinajstić information content (AvgIpc) is 2.54. The molecule has 1 saturated heterocycles. The standard InChI is InChI=1S/C18H29N3/c1-3-19-14(2)16-10-6-12-20-18(16)21-13-7-9-15-8-4-5-11-17(15)21/h6,10,12,14-15,17,19H,3-5,7-9,11,13H2,1-2H3. The zero-order valence-corrected chi connectivity index (χ0v) is 13.5. The smallest absolute Gasteiger partial charge is 0.133 e. The van der Waals surface area contributed by atoms with E-state index in [1.54, 1.807) is 0 Å². The Hall–Kier alpha value is -1.09. The Labute approximate surface area is 129 Å². The number of fused-ring (bicyclic) bond motifs is 1. The first-order valence-corrected chi connectivity index (χ1v) is 8.76. The first kappa shape index (κ1) is 14.8. The van der Waals surface area contributed by atoms with Crippen LogP contribution in [-0.4, -0.2) is 24.1 Å². The topological polar surface area (TPSA) is 28.2 Å². The molecule has 3 heteroatoms. The van der Waals surface area contributed by atoms with Crippen LogP contribution in [0.4, 0.5) is 5.82 Å². The van der Waals surface area contributed by atoms with Gasteiger partial charge in [0.25, 0.3) is 0 Å². The summed E-state index contributed by atoms with van der Waals surface area (Å²) >= 11 is 0. The van der Waals surface area contributed by atoms with Gasteiger partial charge in [0.1, 0.15) is 5.82 Å². The van der Waals surface area contributed by atoms with Crippen LogP contribution in [0.15, 0.2) is 18.3 Å². The molecular weight excluding hydrogens is 258 g/mol. The maximum atomic E-state index is 4.78. The van der Waals surface area contributed by atoms with E-state index in [1.165, 1.54) is 56.5 Å². The Morgan fingerprint density at radius 2 is 2.10 bits per heavy atom. The summed E-state index contributed by atoms with van der Waals surface area (Å²) in [6, 6.07) is 5.44.